The van der Waals surface area contributed by atoms with Crippen LogP contribution >= 0.6 is 0 Å². The highest BCUT2D eigenvalue weighted by molar-refractivity contribution is 5.95. The van der Waals surface area contributed by atoms with Gasteiger partial charge in [0.1, 0.15) is 11.6 Å². The minimum Gasteiger partial charge on any atom is -0.396 e. The number of hydrogen-bond donors (Lipinski definition) is 1. The number of likely N-dealkylation sites (tertiary alicyclic amines) is 1. The minimum absolute atomic E-state index is 0.111. The van der Waals surface area contributed by atoms with Crippen LogP contribution in [0, 0.1) is 11.6 Å². The first kappa shape index (κ1) is 18.5. The molecule has 0 aliphatic carbocycles. The van der Waals surface area contributed by atoms with E-state index in [-0.39, 0.29) is 24.2 Å². The number of halogens is 2. The number of aliphatic hydroxyl groups excluding tert-OH is 1. The summed E-state index contributed by atoms with van der Waals surface area (Å²) >= 11 is 0. The molecule has 2 rings (SSSR count). The van der Waals surface area contributed by atoms with Gasteiger partial charge >= 0.3 is 0 Å². The van der Waals surface area contributed by atoms with Crippen molar-refractivity contribution >= 4 is 11.5 Å². The number of carbonyl (C=O) groups excluding carboxylic acids is 1. The molecule has 0 saturated carbocycles. The van der Waals surface area contributed by atoms with Crippen molar-refractivity contribution in [3.8, 4) is 0 Å². The molecule has 1 N–H and O–H groups in total. The van der Waals surface area contributed by atoms with Crippen LogP contribution in [0.15, 0.2) is 24.3 Å². The van der Waals surface area contributed by atoms with Gasteiger partial charge in [0.2, 0.25) is 5.91 Å². The monoisotopic (exact) mass is 339 g/mol. The van der Waals surface area contributed by atoms with E-state index in [1.165, 1.54) is 18.2 Å². The Labute approximate surface area is 140 Å². The van der Waals surface area contributed by atoms with Gasteiger partial charge in [-0.15, -0.1) is 0 Å². The van der Waals surface area contributed by atoms with Crippen LogP contribution in [0.2, 0.25) is 0 Å². The fourth-order valence-electron chi connectivity index (χ4n) is 2.72. The highest BCUT2D eigenvalue weighted by Crippen LogP contribution is 2.20. The Morgan fingerprint density at radius 2 is 2.08 bits per heavy atom. The first-order valence-electron chi connectivity index (χ1n) is 8.16. The van der Waals surface area contributed by atoms with Crippen molar-refractivity contribution in [2.45, 2.75) is 32.3 Å². The van der Waals surface area contributed by atoms with Crippen LogP contribution in [0.4, 0.5) is 8.78 Å². The first-order chi connectivity index (χ1) is 11.5. The van der Waals surface area contributed by atoms with Crippen molar-refractivity contribution in [2.24, 2.45) is 0 Å². The van der Waals surface area contributed by atoms with Crippen molar-refractivity contribution in [2.75, 3.05) is 26.3 Å². The number of piperidine rings is 1. The van der Waals surface area contributed by atoms with Crippen LogP contribution in [0.3, 0.4) is 0 Å². The third-order valence-corrected chi connectivity index (χ3v) is 4.11. The molecule has 0 radical (unpaired) electrons. The fourth-order valence-corrected chi connectivity index (χ4v) is 2.72. The first-order valence-corrected chi connectivity index (χ1v) is 8.16. The van der Waals surface area contributed by atoms with Gasteiger partial charge in [-0.05, 0) is 43.9 Å². The summed E-state index contributed by atoms with van der Waals surface area (Å²) in [7, 11) is 0. The van der Waals surface area contributed by atoms with Crippen molar-refractivity contribution in [3.63, 3.8) is 0 Å². The van der Waals surface area contributed by atoms with Crippen LogP contribution < -0.4 is 0 Å². The van der Waals surface area contributed by atoms with E-state index in [1.54, 1.807) is 11.8 Å². The molecule has 1 saturated heterocycles. The molecule has 1 aliphatic heterocycles. The molecule has 24 heavy (non-hydrogen) atoms. The topological polar surface area (TPSA) is 49.8 Å². The minimum atomic E-state index is -0.674. The maximum atomic E-state index is 13.8. The van der Waals surface area contributed by atoms with Gasteiger partial charge in [-0.2, -0.15) is 0 Å². The summed E-state index contributed by atoms with van der Waals surface area (Å²) in [5, 5.41) is 8.74. The second-order valence-electron chi connectivity index (χ2n) is 5.92. The molecule has 1 amide bonds. The normalized spacial score (nSPS) is 16.5. The van der Waals surface area contributed by atoms with Gasteiger partial charge in [0.25, 0.3) is 0 Å². The number of nitrogens with zero attached hydrogens (tertiary/aromatic N) is 1. The molecule has 1 heterocycles. The summed E-state index contributed by atoms with van der Waals surface area (Å²) in [5.41, 5.74) is 0.700. The van der Waals surface area contributed by atoms with Crippen LogP contribution in [0.25, 0.3) is 5.57 Å². The standard InChI is InChI=1S/C18H23F2NO3/c1-13(16-4-3-14(19)12-17(16)20)11-18(23)21-7-5-15(6-8-21)24-10-2-9-22/h3-4,11-12,15,22H,2,5-10H2,1H3/b13-11-. The SMILES string of the molecule is C/C(=C/C(=O)N1CCC(OCCCO)CC1)c1ccc(F)cc1F. The lowest BCUT2D eigenvalue weighted by Gasteiger charge is -2.31. The summed E-state index contributed by atoms with van der Waals surface area (Å²) in [5.74, 6) is -1.49. The highest BCUT2D eigenvalue weighted by Gasteiger charge is 2.22. The summed E-state index contributed by atoms with van der Waals surface area (Å²) in [6.07, 6.45) is 3.61. The molecule has 0 spiro atoms. The Hall–Kier alpha value is -1.79. The number of rotatable bonds is 6. The maximum absolute atomic E-state index is 13.8. The van der Waals surface area contributed by atoms with E-state index < -0.39 is 11.6 Å². The van der Waals surface area contributed by atoms with Gasteiger partial charge < -0.3 is 14.7 Å². The molecule has 1 fully saturated rings. The molecule has 132 valence electrons. The number of ether oxygens (including phenoxy) is 1. The van der Waals surface area contributed by atoms with E-state index in [2.05, 4.69) is 0 Å². The predicted molar refractivity (Wildman–Crippen MR) is 87.3 cm³/mol. The zero-order chi connectivity index (χ0) is 17.5. The third kappa shape index (κ3) is 5.11. The largest absolute Gasteiger partial charge is 0.396 e. The van der Waals surface area contributed by atoms with Gasteiger partial charge in [-0.25, -0.2) is 8.78 Å². The van der Waals surface area contributed by atoms with E-state index in [4.69, 9.17) is 9.84 Å². The van der Waals surface area contributed by atoms with Gasteiger partial charge in [-0.3, -0.25) is 4.79 Å². The quantitative estimate of drug-likeness (QED) is 0.640. The van der Waals surface area contributed by atoms with E-state index in [9.17, 15) is 13.6 Å². The van der Waals surface area contributed by atoms with Gasteiger partial charge in [0, 0.05) is 44.0 Å². The zero-order valence-electron chi connectivity index (χ0n) is 13.8. The molecule has 0 atom stereocenters. The number of allylic oxidation sites excluding steroid dienone is 1. The second kappa shape index (κ2) is 8.89. The Bertz CT molecular complexity index is 596. The molecule has 0 unspecified atom stereocenters. The fraction of sp³-hybridized carbons (Fsp3) is 0.500. The van der Waals surface area contributed by atoms with Gasteiger partial charge in [0.05, 0.1) is 6.10 Å². The van der Waals surface area contributed by atoms with E-state index in [0.29, 0.717) is 31.7 Å². The van der Waals surface area contributed by atoms with Crippen LogP contribution in [0.1, 0.15) is 31.7 Å². The molecule has 6 heteroatoms. The lowest BCUT2D eigenvalue weighted by Crippen LogP contribution is -2.40. The van der Waals surface area contributed by atoms with Crippen molar-refractivity contribution in [1.82, 2.24) is 4.90 Å². The zero-order valence-corrected chi connectivity index (χ0v) is 13.8. The van der Waals surface area contributed by atoms with Crippen molar-refractivity contribution < 1.29 is 23.4 Å². The van der Waals surface area contributed by atoms with Crippen molar-refractivity contribution in [3.05, 3.63) is 41.5 Å². The number of carbonyl (C=O) groups is 1. The highest BCUT2D eigenvalue weighted by atomic mass is 19.1. The number of aliphatic hydroxyl groups is 1. The molecule has 4 nitrogen and oxygen atoms in total. The molecule has 0 aromatic heterocycles. The lowest BCUT2D eigenvalue weighted by atomic mass is 10.0. The maximum Gasteiger partial charge on any atom is 0.246 e. The number of benzene rings is 1. The van der Waals surface area contributed by atoms with Crippen LogP contribution in [0.5, 0.6) is 0 Å². The van der Waals surface area contributed by atoms with Crippen molar-refractivity contribution in [1.29, 1.82) is 0 Å². The molecule has 1 aromatic rings. The van der Waals surface area contributed by atoms with Crippen LogP contribution in [-0.4, -0.2) is 48.3 Å². The third-order valence-electron chi connectivity index (χ3n) is 4.11. The number of hydrogen-bond acceptors (Lipinski definition) is 3. The average Bonchev–Trinajstić information content (AvgIpc) is 2.55. The molecule has 1 aliphatic rings. The molecular formula is C18H23F2NO3. The lowest BCUT2D eigenvalue weighted by molar-refractivity contribution is -0.128. The average molecular weight is 339 g/mol. The Balaban J connectivity index is 1.90. The number of amides is 1. The Morgan fingerprint density at radius 1 is 1.38 bits per heavy atom. The summed E-state index contributed by atoms with van der Waals surface area (Å²) in [4.78, 5) is 14.0. The van der Waals surface area contributed by atoms with E-state index in [1.807, 2.05) is 0 Å². The second-order valence-corrected chi connectivity index (χ2v) is 5.92. The predicted octanol–water partition coefficient (Wildman–Crippen LogP) is 2.76. The van der Waals surface area contributed by atoms with Crippen LogP contribution in [-0.2, 0) is 9.53 Å². The van der Waals surface area contributed by atoms with Gasteiger partial charge in [-0.1, -0.05) is 0 Å². The summed E-state index contributed by atoms with van der Waals surface area (Å²) < 4.78 is 32.3. The van der Waals surface area contributed by atoms with E-state index >= 15 is 0 Å². The van der Waals surface area contributed by atoms with E-state index in [0.717, 1.165) is 18.9 Å². The summed E-state index contributed by atoms with van der Waals surface area (Å²) in [6.45, 7) is 3.44. The Morgan fingerprint density at radius 3 is 2.71 bits per heavy atom. The van der Waals surface area contributed by atoms with Gasteiger partial charge in [0.15, 0.2) is 0 Å². The Kier molecular flexibility index (Phi) is 6.87. The molecule has 0 bridgehead atoms. The molecule has 1 aromatic carbocycles. The molecular weight excluding hydrogens is 316 g/mol. The smallest absolute Gasteiger partial charge is 0.246 e. The summed E-state index contributed by atoms with van der Waals surface area (Å²) in [6, 6.07) is 3.33.